The van der Waals surface area contributed by atoms with Crippen LogP contribution in [-0.2, 0) is 28.6 Å². The molecular formula is C24H36O6. The summed E-state index contributed by atoms with van der Waals surface area (Å²) in [5, 5.41) is 0. The van der Waals surface area contributed by atoms with Crippen LogP contribution in [0.3, 0.4) is 0 Å². The van der Waals surface area contributed by atoms with Crippen molar-refractivity contribution in [1.82, 2.24) is 0 Å². The lowest BCUT2D eigenvalue weighted by atomic mass is 9.57. The van der Waals surface area contributed by atoms with Gasteiger partial charge in [0.25, 0.3) is 0 Å². The van der Waals surface area contributed by atoms with Crippen molar-refractivity contribution in [3.05, 3.63) is 12.2 Å². The third-order valence-corrected chi connectivity index (χ3v) is 7.56. The molecule has 3 rings (SSSR count). The summed E-state index contributed by atoms with van der Waals surface area (Å²) < 4.78 is 18.4. The van der Waals surface area contributed by atoms with E-state index in [1.165, 1.54) is 13.8 Å². The molecule has 30 heavy (non-hydrogen) atoms. The summed E-state index contributed by atoms with van der Waals surface area (Å²) in [4.78, 5) is 36.7. The molecule has 2 heterocycles. The largest absolute Gasteiger partial charge is 0.459 e. The number of hydrogen-bond acceptors (Lipinski definition) is 6. The first-order chi connectivity index (χ1) is 13.9. The van der Waals surface area contributed by atoms with Crippen LogP contribution < -0.4 is 0 Å². The quantitative estimate of drug-likeness (QED) is 0.507. The Hall–Kier alpha value is -1.69. The lowest BCUT2D eigenvalue weighted by Gasteiger charge is -2.50. The van der Waals surface area contributed by atoms with Crippen LogP contribution in [-0.4, -0.2) is 41.1 Å². The number of carbonyl (C=O) groups is 3. The van der Waals surface area contributed by atoms with Crippen molar-refractivity contribution in [2.24, 2.45) is 23.7 Å². The standard InChI is InChI=1S/C24H36O6/c1-13(2)17-8-10-23(6,29-15(4)25)21-19-12-14(3)18(27)9-11-24(7,30-16(5)26)22(28-19)20(17)21/h13,17,19-22H,3,8-12H2,1-2,4-7H3/t17-,19-,20-,21-,22-,23-,24-/m0/s1. The summed E-state index contributed by atoms with van der Waals surface area (Å²) in [6, 6.07) is 0. The van der Waals surface area contributed by atoms with Crippen molar-refractivity contribution >= 4 is 17.7 Å². The molecule has 0 N–H and O–H groups in total. The van der Waals surface area contributed by atoms with E-state index in [-0.39, 0.29) is 48.2 Å². The highest BCUT2D eigenvalue weighted by atomic mass is 16.6. The van der Waals surface area contributed by atoms with Crippen LogP contribution in [0.1, 0.15) is 73.6 Å². The van der Waals surface area contributed by atoms with Gasteiger partial charge in [-0.2, -0.15) is 0 Å². The molecule has 0 spiro atoms. The summed E-state index contributed by atoms with van der Waals surface area (Å²) >= 11 is 0. The topological polar surface area (TPSA) is 78.9 Å². The van der Waals surface area contributed by atoms with Gasteiger partial charge in [-0.15, -0.1) is 0 Å². The summed E-state index contributed by atoms with van der Waals surface area (Å²) in [5.74, 6) is -0.0158. The van der Waals surface area contributed by atoms with Gasteiger partial charge < -0.3 is 14.2 Å². The van der Waals surface area contributed by atoms with Crippen molar-refractivity contribution < 1.29 is 28.6 Å². The average molecular weight is 421 g/mol. The smallest absolute Gasteiger partial charge is 0.303 e. The molecule has 2 aliphatic heterocycles. The van der Waals surface area contributed by atoms with Gasteiger partial charge in [-0.1, -0.05) is 20.4 Å². The third-order valence-electron chi connectivity index (χ3n) is 7.56. The van der Waals surface area contributed by atoms with Crippen molar-refractivity contribution in [1.29, 1.82) is 0 Å². The predicted octanol–water partition coefficient (Wildman–Crippen LogP) is 4.01. The van der Waals surface area contributed by atoms with E-state index in [1.54, 1.807) is 0 Å². The van der Waals surface area contributed by atoms with E-state index in [4.69, 9.17) is 14.2 Å². The molecule has 2 bridgehead atoms. The molecule has 0 radical (unpaired) electrons. The van der Waals surface area contributed by atoms with Crippen LogP contribution in [0.15, 0.2) is 12.2 Å². The van der Waals surface area contributed by atoms with Crippen LogP contribution in [0.4, 0.5) is 0 Å². The van der Waals surface area contributed by atoms with Crippen molar-refractivity contribution in [3.8, 4) is 0 Å². The maximum Gasteiger partial charge on any atom is 0.303 e. The second-order valence-corrected chi connectivity index (χ2v) is 10.2. The van der Waals surface area contributed by atoms with E-state index >= 15 is 0 Å². The number of rotatable bonds is 3. The molecule has 0 amide bonds. The number of carbonyl (C=O) groups excluding carboxylic acids is 3. The van der Waals surface area contributed by atoms with E-state index in [0.29, 0.717) is 30.3 Å². The zero-order valence-electron chi connectivity index (χ0n) is 19.2. The van der Waals surface area contributed by atoms with Gasteiger partial charge in [-0.3, -0.25) is 14.4 Å². The third kappa shape index (κ3) is 4.08. The molecule has 1 aliphatic carbocycles. The Bertz CT molecular complexity index is 742. The lowest BCUT2D eigenvalue weighted by Crippen LogP contribution is -2.56. The van der Waals surface area contributed by atoms with Gasteiger partial charge in [0.05, 0.1) is 6.10 Å². The zero-order valence-corrected chi connectivity index (χ0v) is 19.2. The number of esters is 2. The Morgan fingerprint density at radius 3 is 2.27 bits per heavy atom. The fourth-order valence-electron chi connectivity index (χ4n) is 6.33. The van der Waals surface area contributed by atoms with Gasteiger partial charge in [0.15, 0.2) is 5.78 Å². The fourth-order valence-corrected chi connectivity index (χ4v) is 6.33. The Morgan fingerprint density at radius 2 is 1.70 bits per heavy atom. The van der Waals surface area contributed by atoms with Gasteiger partial charge in [0, 0.05) is 38.5 Å². The summed E-state index contributed by atoms with van der Waals surface area (Å²) in [6.07, 6.45) is 2.06. The molecule has 0 aromatic carbocycles. The van der Waals surface area contributed by atoms with Crippen LogP contribution in [0.25, 0.3) is 0 Å². The van der Waals surface area contributed by atoms with Crippen molar-refractivity contribution in [3.63, 3.8) is 0 Å². The summed E-state index contributed by atoms with van der Waals surface area (Å²) in [5.41, 5.74) is -1.09. The Morgan fingerprint density at radius 1 is 1.10 bits per heavy atom. The van der Waals surface area contributed by atoms with Crippen molar-refractivity contribution in [2.45, 2.75) is 97.1 Å². The van der Waals surface area contributed by atoms with E-state index in [1.807, 2.05) is 13.8 Å². The van der Waals surface area contributed by atoms with Gasteiger partial charge in [-0.05, 0) is 50.5 Å². The number of hydrogen-bond donors (Lipinski definition) is 0. The molecule has 2 saturated heterocycles. The fraction of sp³-hybridized carbons (Fsp3) is 0.792. The first-order valence-electron chi connectivity index (χ1n) is 11.1. The van der Waals surface area contributed by atoms with E-state index < -0.39 is 11.2 Å². The average Bonchev–Trinajstić information content (AvgIpc) is 3.00. The monoisotopic (exact) mass is 420 g/mol. The Balaban J connectivity index is 2.13. The van der Waals surface area contributed by atoms with E-state index in [9.17, 15) is 14.4 Å². The molecule has 3 aliphatic rings. The molecule has 0 aromatic heterocycles. The molecule has 6 nitrogen and oxygen atoms in total. The van der Waals surface area contributed by atoms with Crippen LogP contribution in [0, 0.1) is 23.7 Å². The van der Waals surface area contributed by atoms with Gasteiger partial charge in [0.1, 0.15) is 17.3 Å². The highest BCUT2D eigenvalue weighted by Crippen LogP contribution is 2.58. The van der Waals surface area contributed by atoms with Crippen LogP contribution in [0.2, 0.25) is 0 Å². The second-order valence-electron chi connectivity index (χ2n) is 10.2. The van der Waals surface area contributed by atoms with Gasteiger partial charge in [0.2, 0.25) is 0 Å². The molecule has 3 fully saturated rings. The van der Waals surface area contributed by atoms with Gasteiger partial charge >= 0.3 is 11.9 Å². The SMILES string of the molecule is C=C1C[C@@H]2O[C@@H]([C@@H]3[C@H]2[C@@](C)(OC(C)=O)CC[C@H]3C(C)C)[C@@](C)(OC(C)=O)CCC1=O. The van der Waals surface area contributed by atoms with E-state index in [2.05, 4.69) is 20.4 Å². The first kappa shape index (κ1) is 23.0. The Labute approximate surface area is 179 Å². The molecule has 0 aromatic rings. The maximum atomic E-state index is 12.7. The number of Topliss-reactive ketones (excluding diaryl/α,β-unsaturated/α-hetero) is 1. The number of fused-ring (bicyclic) bond motifs is 5. The van der Waals surface area contributed by atoms with E-state index in [0.717, 1.165) is 12.8 Å². The maximum absolute atomic E-state index is 12.7. The molecular weight excluding hydrogens is 384 g/mol. The molecule has 7 atom stereocenters. The molecule has 1 saturated carbocycles. The first-order valence-corrected chi connectivity index (χ1v) is 11.1. The highest BCUT2D eigenvalue weighted by molar-refractivity contribution is 5.94. The highest BCUT2D eigenvalue weighted by Gasteiger charge is 2.64. The minimum Gasteiger partial charge on any atom is -0.459 e. The van der Waals surface area contributed by atoms with Crippen LogP contribution in [0.5, 0.6) is 0 Å². The van der Waals surface area contributed by atoms with Crippen molar-refractivity contribution in [2.75, 3.05) is 0 Å². The normalized spacial score (nSPS) is 41.5. The number of ketones is 1. The lowest BCUT2D eigenvalue weighted by molar-refractivity contribution is -0.181. The Kier molecular flexibility index (Phi) is 6.21. The molecule has 6 heteroatoms. The summed E-state index contributed by atoms with van der Waals surface area (Å²) in [7, 11) is 0. The zero-order chi connectivity index (χ0) is 22.4. The molecule has 0 unspecified atom stereocenters. The summed E-state index contributed by atoms with van der Waals surface area (Å²) in [6.45, 7) is 15.1. The van der Waals surface area contributed by atoms with Crippen LogP contribution >= 0.6 is 0 Å². The van der Waals surface area contributed by atoms with Gasteiger partial charge in [-0.25, -0.2) is 0 Å². The predicted molar refractivity (Wildman–Crippen MR) is 112 cm³/mol. The molecule has 168 valence electrons. The minimum absolute atomic E-state index is 0.0218. The second kappa shape index (κ2) is 8.10. The minimum atomic E-state index is -0.925. The number of ether oxygens (including phenoxy) is 3.